The van der Waals surface area contributed by atoms with Gasteiger partial charge in [-0.25, -0.2) is 0 Å². The van der Waals surface area contributed by atoms with E-state index >= 15 is 0 Å². The van der Waals surface area contributed by atoms with Gasteiger partial charge < -0.3 is 0 Å². The van der Waals surface area contributed by atoms with Crippen molar-refractivity contribution in [2.75, 3.05) is 0 Å². The van der Waals surface area contributed by atoms with Crippen molar-refractivity contribution < 1.29 is 0 Å². The van der Waals surface area contributed by atoms with E-state index in [1.165, 1.54) is 10.4 Å². The lowest BCUT2D eigenvalue weighted by Gasteiger charge is -2.34. The molecule has 2 unspecified atom stereocenters. The van der Waals surface area contributed by atoms with E-state index in [4.69, 9.17) is 9.98 Å². The van der Waals surface area contributed by atoms with Crippen LogP contribution in [0.5, 0.6) is 0 Å². The molecule has 25 heavy (non-hydrogen) atoms. The maximum absolute atomic E-state index is 5.19. The second-order valence-corrected chi connectivity index (χ2v) is 7.51. The molecule has 0 spiro atoms. The highest BCUT2D eigenvalue weighted by molar-refractivity contribution is 5.48. The number of benzene rings is 2. The second kappa shape index (κ2) is 6.25. The van der Waals surface area contributed by atoms with Crippen LogP contribution in [-0.2, 0) is 0 Å². The van der Waals surface area contributed by atoms with Gasteiger partial charge in [-0.3, -0.25) is 9.98 Å². The van der Waals surface area contributed by atoms with Gasteiger partial charge in [0.2, 0.25) is 0 Å². The van der Waals surface area contributed by atoms with Crippen molar-refractivity contribution in [1.29, 1.82) is 0 Å². The van der Waals surface area contributed by atoms with Crippen LogP contribution in [-0.4, -0.2) is 11.1 Å². The summed E-state index contributed by atoms with van der Waals surface area (Å²) in [6, 6.07) is 17.0. The highest BCUT2D eigenvalue weighted by Gasteiger charge is 2.40. The SMILES string of the molecule is CCCC1(CC2(CCC)C=c3ccccc3=N2)C=c2ccccc2=N1. The van der Waals surface area contributed by atoms with E-state index < -0.39 is 0 Å². The van der Waals surface area contributed by atoms with Crippen LogP contribution < -0.4 is 21.2 Å². The fourth-order valence-corrected chi connectivity index (χ4v) is 4.56. The number of nitrogens with zero attached hydrogens (tertiary/aromatic N) is 2. The van der Waals surface area contributed by atoms with Crippen molar-refractivity contribution in [3.05, 3.63) is 69.7 Å². The fraction of sp³-hybridized carbons (Fsp3) is 0.391. The van der Waals surface area contributed by atoms with Crippen molar-refractivity contribution in [2.24, 2.45) is 9.98 Å². The predicted molar refractivity (Wildman–Crippen MR) is 103 cm³/mol. The lowest BCUT2D eigenvalue weighted by atomic mass is 9.78. The Kier molecular flexibility index (Phi) is 4.07. The minimum absolute atomic E-state index is 0.129. The topological polar surface area (TPSA) is 24.7 Å². The van der Waals surface area contributed by atoms with Gasteiger partial charge in [-0.15, -0.1) is 0 Å². The van der Waals surface area contributed by atoms with E-state index in [-0.39, 0.29) is 11.1 Å². The van der Waals surface area contributed by atoms with Gasteiger partial charge in [0.05, 0.1) is 21.8 Å². The highest BCUT2D eigenvalue weighted by atomic mass is 14.9. The Morgan fingerprint density at radius 1 is 0.680 bits per heavy atom. The molecule has 0 saturated carbocycles. The summed E-state index contributed by atoms with van der Waals surface area (Å²) in [4.78, 5) is 10.4. The Bertz CT molecular complexity index is 863. The third-order valence-corrected chi connectivity index (χ3v) is 5.39. The Labute approximate surface area is 149 Å². The molecule has 0 aromatic heterocycles. The first-order valence-corrected chi connectivity index (χ1v) is 9.53. The molecule has 0 saturated heterocycles. The summed E-state index contributed by atoms with van der Waals surface area (Å²) in [5.74, 6) is 0. The monoisotopic (exact) mass is 330 g/mol. The number of fused-ring (bicyclic) bond motifs is 2. The largest absolute Gasteiger partial charge is 0.274 e. The molecule has 2 aromatic carbocycles. The van der Waals surface area contributed by atoms with Gasteiger partial charge in [-0.1, -0.05) is 63.1 Å². The average Bonchev–Trinajstić information content (AvgIpc) is 3.12. The molecule has 0 amide bonds. The zero-order valence-electron chi connectivity index (χ0n) is 15.2. The molecule has 2 aliphatic rings. The molecule has 4 rings (SSSR count). The zero-order chi connectivity index (χ0) is 17.3. The maximum atomic E-state index is 5.19. The first-order chi connectivity index (χ1) is 12.2. The standard InChI is InChI=1S/C23H26N2/c1-3-13-22(15-18-9-5-7-11-20(18)24-22)17-23(14-4-2)16-19-10-6-8-12-21(19)25-23/h5-12,15-16H,3-4,13-14,17H2,1-2H3. The number of para-hydroxylation sites is 2. The van der Waals surface area contributed by atoms with Gasteiger partial charge in [-0.05, 0) is 47.6 Å². The summed E-state index contributed by atoms with van der Waals surface area (Å²) >= 11 is 0. The van der Waals surface area contributed by atoms with Gasteiger partial charge in [0, 0.05) is 6.42 Å². The van der Waals surface area contributed by atoms with Crippen molar-refractivity contribution in [3.8, 4) is 0 Å². The molecule has 0 fully saturated rings. The van der Waals surface area contributed by atoms with Gasteiger partial charge in [0.1, 0.15) is 0 Å². The highest BCUT2D eigenvalue weighted by Crippen LogP contribution is 2.37. The van der Waals surface area contributed by atoms with Gasteiger partial charge >= 0.3 is 0 Å². The molecule has 2 heteroatoms. The van der Waals surface area contributed by atoms with Crippen molar-refractivity contribution in [1.82, 2.24) is 0 Å². The summed E-state index contributed by atoms with van der Waals surface area (Å²) in [6.07, 6.45) is 10.2. The molecule has 2 aliphatic heterocycles. The average molecular weight is 330 g/mol. The summed E-state index contributed by atoms with van der Waals surface area (Å²) in [7, 11) is 0. The molecule has 2 nitrogen and oxygen atoms in total. The van der Waals surface area contributed by atoms with Crippen molar-refractivity contribution in [2.45, 2.75) is 57.0 Å². The van der Waals surface area contributed by atoms with Crippen LogP contribution in [0.1, 0.15) is 46.0 Å². The summed E-state index contributed by atoms with van der Waals surface area (Å²) in [5.41, 5.74) is -0.259. The Morgan fingerprint density at radius 2 is 1.12 bits per heavy atom. The molecule has 128 valence electrons. The first-order valence-electron chi connectivity index (χ1n) is 9.53. The lowest BCUT2D eigenvalue weighted by Crippen LogP contribution is -2.35. The van der Waals surface area contributed by atoms with Crippen LogP contribution in [0.4, 0.5) is 0 Å². The van der Waals surface area contributed by atoms with E-state index in [9.17, 15) is 0 Å². The third kappa shape index (κ3) is 2.95. The number of hydrogen-bond donors (Lipinski definition) is 0. The molecule has 2 atom stereocenters. The summed E-state index contributed by atoms with van der Waals surface area (Å²) in [6.45, 7) is 4.51. The molecule has 0 N–H and O–H groups in total. The van der Waals surface area contributed by atoms with Gasteiger partial charge in [-0.2, -0.15) is 0 Å². The van der Waals surface area contributed by atoms with Crippen LogP contribution in [0.25, 0.3) is 12.2 Å². The van der Waals surface area contributed by atoms with Gasteiger partial charge in [0.25, 0.3) is 0 Å². The molecular formula is C23H26N2. The Hall–Kier alpha value is -2.22. The summed E-state index contributed by atoms with van der Waals surface area (Å²) < 4.78 is 0. The maximum Gasteiger partial charge on any atom is 0.0830 e. The fourth-order valence-electron chi connectivity index (χ4n) is 4.56. The number of hydrogen-bond acceptors (Lipinski definition) is 2. The van der Waals surface area contributed by atoms with E-state index in [0.717, 1.165) is 42.8 Å². The van der Waals surface area contributed by atoms with Crippen LogP contribution >= 0.6 is 0 Å². The van der Waals surface area contributed by atoms with Crippen LogP contribution in [0, 0.1) is 0 Å². The van der Waals surface area contributed by atoms with Gasteiger partial charge in [0.15, 0.2) is 0 Å². The Balaban J connectivity index is 1.80. The normalized spacial score (nSPS) is 26.0. The molecule has 0 bridgehead atoms. The third-order valence-electron chi connectivity index (χ3n) is 5.39. The van der Waals surface area contributed by atoms with E-state index in [2.05, 4.69) is 74.5 Å². The van der Waals surface area contributed by atoms with Crippen molar-refractivity contribution >= 4 is 12.2 Å². The molecule has 2 heterocycles. The summed E-state index contributed by atoms with van der Waals surface area (Å²) in [5, 5.41) is 4.83. The first kappa shape index (κ1) is 16.3. The van der Waals surface area contributed by atoms with E-state index in [1.54, 1.807) is 0 Å². The molecule has 0 radical (unpaired) electrons. The van der Waals surface area contributed by atoms with E-state index in [1.807, 2.05) is 0 Å². The molecule has 0 aliphatic carbocycles. The van der Waals surface area contributed by atoms with Crippen LogP contribution in [0.15, 0.2) is 58.5 Å². The lowest BCUT2D eigenvalue weighted by molar-refractivity contribution is 0.362. The quantitative estimate of drug-likeness (QED) is 0.778. The Morgan fingerprint density at radius 3 is 1.52 bits per heavy atom. The minimum atomic E-state index is -0.129. The number of rotatable bonds is 6. The zero-order valence-corrected chi connectivity index (χ0v) is 15.2. The minimum Gasteiger partial charge on any atom is -0.274 e. The molecular weight excluding hydrogens is 304 g/mol. The second-order valence-electron chi connectivity index (χ2n) is 7.51. The van der Waals surface area contributed by atoms with Crippen LogP contribution in [0.2, 0.25) is 0 Å². The van der Waals surface area contributed by atoms with Crippen molar-refractivity contribution in [3.63, 3.8) is 0 Å². The predicted octanol–water partition coefficient (Wildman–Crippen LogP) is 2.68. The van der Waals surface area contributed by atoms with E-state index in [0.29, 0.717) is 0 Å². The smallest absolute Gasteiger partial charge is 0.0830 e. The molecule has 2 aromatic rings. The van der Waals surface area contributed by atoms with Crippen LogP contribution in [0.3, 0.4) is 0 Å².